The Kier molecular flexibility index (Phi) is 3.95. The molecule has 0 saturated carbocycles. The summed E-state index contributed by atoms with van der Waals surface area (Å²) in [7, 11) is 0. The number of aliphatic hydroxyl groups excluding tert-OH is 1. The molecule has 25 heavy (non-hydrogen) atoms. The highest BCUT2D eigenvalue weighted by atomic mass is 32.1. The minimum absolute atomic E-state index is 0.243. The lowest BCUT2D eigenvalue weighted by Crippen LogP contribution is -2.20. The number of hydrogen-bond donors (Lipinski definition) is 3. The molecule has 0 amide bonds. The highest BCUT2D eigenvalue weighted by molar-refractivity contribution is 7.19. The Bertz CT molecular complexity index is 957. The first-order chi connectivity index (χ1) is 12.0. The SMILES string of the molecule is Cc1nnc2sc(C(O)NCc3ccc4c(c3)OCO4)c(N)c2c1C. The summed E-state index contributed by atoms with van der Waals surface area (Å²) >= 11 is 1.35. The third-order valence-electron chi connectivity index (χ3n) is 4.35. The molecule has 1 atom stereocenters. The van der Waals surface area contributed by atoms with E-state index < -0.39 is 6.23 Å². The van der Waals surface area contributed by atoms with Gasteiger partial charge in [0.2, 0.25) is 6.79 Å². The van der Waals surface area contributed by atoms with Crippen molar-refractivity contribution in [1.29, 1.82) is 0 Å². The lowest BCUT2D eigenvalue weighted by atomic mass is 10.1. The molecule has 7 nitrogen and oxygen atoms in total. The predicted molar refractivity (Wildman–Crippen MR) is 95.7 cm³/mol. The van der Waals surface area contributed by atoms with Gasteiger partial charge in [-0.05, 0) is 37.1 Å². The lowest BCUT2D eigenvalue weighted by molar-refractivity contribution is 0.141. The molecule has 1 aliphatic heterocycles. The summed E-state index contributed by atoms with van der Waals surface area (Å²) in [6.45, 7) is 4.57. The second kappa shape index (κ2) is 6.14. The number of aromatic nitrogens is 2. The third-order valence-corrected chi connectivity index (χ3v) is 5.49. The number of aryl methyl sites for hydroxylation is 2. The van der Waals surface area contributed by atoms with E-state index in [9.17, 15) is 5.11 Å². The highest BCUT2D eigenvalue weighted by Crippen LogP contribution is 2.38. The Labute approximate surface area is 148 Å². The van der Waals surface area contributed by atoms with Gasteiger partial charge in [-0.3, -0.25) is 5.32 Å². The summed E-state index contributed by atoms with van der Waals surface area (Å²) < 4.78 is 10.7. The first kappa shape index (κ1) is 16.1. The van der Waals surface area contributed by atoms with Crippen molar-refractivity contribution in [3.8, 4) is 11.5 Å². The van der Waals surface area contributed by atoms with Gasteiger partial charge in [0.25, 0.3) is 0 Å². The molecule has 0 fully saturated rings. The van der Waals surface area contributed by atoms with Crippen LogP contribution in [0, 0.1) is 13.8 Å². The minimum atomic E-state index is -0.885. The lowest BCUT2D eigenvalue weighted by Gasteiger charge is -2.12. The number of aliphatic hydroxyl groups is 1. The molecule has 4 N–H and O–H groups in total. The molecule has 0 radical (unpaired) electrons. The molecule has 0 bridgehead atoms. The van der Waals surface area contributed by atoms with Crippen LogP contribution in [0.15, 0.2) is 18.2 Å². The van der Waals surface area contributed by atoms with Gasteiger partial charge in [0.15, 0.2) is 11.5 Å². The van der Waals surface area contributed by atoms with Crippen LogP contribution < -0.4 is 20.5 Å². The molecule has 0 saturated heterocycles. The van der Waals surface area contributed by atoms with Crippen molar-refractivity contribution in [2.75, 3.05) is 12.5 Å². The van der Waals surface area contributed by atoms with Crippen molar-refractivity contribution < 1.29 is 14.6 Å². The average Bonchev–Trinajstić information content (AvgIpc) is 3.20. The monoisotopic (exact) mass is 358 g/mol. The van der Waals surface area contributed by atoms with Crippen molar-refractivity contribution in [3.05, 3.63) is 39.9 Å². The number of nitrogen functional groups attached to an aromatic ring is 1. The number of benzene rings is 1. The summed E-state index contributed by atoms with van der Waals surface area (Å²) in [6.07, 6.45) is -0.885. The fraction of sp³-hybridized carbons (Fsp3) is 0.294. The van der Waals surface area contributed by atoms with Crippen molar-refractivity contribution in [2.45, 2.75) is 26.6 Å². The van der Waals surface area contributed by atoms with E-state index in [0.29, 0.717) is 17.1 Å². The van der Waals surface area contributed by atoms with E-state index in [1.807, 2.05) is 32.0 Å². The summed E-state index contributed by atoms with van der Waals surface area (Å²) in [5.74, 6) is 1.46. The van der Waals surface area contributed by atoms with Crippen LogP contribution in [0.3, 0.4) is 0 Å². The molecule has 1 unspecified atom stereocenters. The van der Waals surface area contributed by atoms with Crippen LogP contribution in [-0.2, 0) is 6.54 Å². The summed E-state index contributed by atoms with van der Waals surface area (Å²) in [4.78, 5) is 1.39. The van der Waals surface area contributed by atoms with Crippen LogP contribution in [0.25, 0.3) is 10.2 Å². The molecular weight excluding hydrogens is 340 g/mol. The van der Waals surface area contributed by atoms with Crippen LogP contribution in [0.5, 0.6) is 11.5 Å². The van der Waals surface area contributed by atoms with Crippen molar-refractivity contribution >= 4 is 27.2 Å². The zero-order valence-electron chi connectivity index (χ0n) is 13.9. The summed E-state index contributed by atoms with van der Waals surface area (Å²) in [6, 6.07) is 5.69. The average molecular weight is 358 g/mol. The van der Waals surface area contributed by atoms with E-state index in [2.05, 4.69) is 15.5 Å². The van der Waals surface area contributed by atoms with E-state index >= 15 is 0 Å². The molecule has 130 valence electrons. The maximum atomic E-state index is 10.5. The maximum Gasteiger partial charge on any atom is 0.231 e. The van der Waals surface area contributed by atoms with Crippen molar-refractivity contribution in [2.24, 2.45) is 0 Å². The van der Waals surface area contributed by atoms with Gasteiger partial charge in [0, 0.05) is 11.9 Å². The standard InChI is InChI=1S/C17H18N4O3S/c1-8-9(2)20-21-17-13(8)14(18)15(25-17)16(22)19-6-10-3-4-11-12(5-10)24-7-23-11/h3-5,16,19,22H,6-7,18H2,1-2H3. The van der Waals surface area contributed by atoms with E-state index in [1.165, 1.54) is 11.3 Å². The van der Waals surface area contributed by atoms with Gasteiger partial charge in [-0.25, -0.2) is 0 Å². The Hall–Kier alpha value is -2.42. The second-order valence-corrected chi connectivity index (χ2v) is 6.97. The topological polar surface area (TPSA) is 103 Å². The Balaban J connectivity index is 1.55. The van der Waals surface area contributed by atoms with Crippen LogP contribution in [0.4, 0.5) is 5.69 Å². The Morgan fingerprint density at radius 2 is 2.08 bits per heavy atom. The molecular formula is C17H18N4O3S. The van der Waals surface area contributed by atoms with Gasteiger partial charge >= 0.3 is 0 Å². The largest absolute Gasteiger partial charge is 0.454 e. The number of hydrogen-bond acceptors (Lipinski definition) is 8. The quantitative estimate of drug-likeness (QED) is 0.615. The molecule has 0 spiro atoms. The Morgan fingerprint density at radius 1 is 1.28 bits per heavy atom. The smallest absolute Gasteiger partial charge is 0.231 e. The minimum Gasteiger partial charge on any atom is -0.454 e. The summed E-state index contributed by atoms with van der Waals surface area (Å²) in [5, 5.41) is 22.8. The third kappa shape index (κ3) is 2.78. The molecule has 1 aliphatic rings. The maximum absolute atomic E-state index is 10.5. The molecule has 2 aromatic heterocycles. The number of nitrogens with one attached hydrogen (secondary N) is 1. The molecule has 0 aliphatic carbocycles. The molecule has 4 rings (SSSR count). The van der Waals surface area contributed by atoms with E-state index in [-0.39, 0.29) is 6.79 Å². The number of rotatable bonds is 4. The van der Waals surface area contributed by atoms with Crippen molar-refractivity contribution in [1.82, 2.24) is 15.5 Å². The van der Waals surface area contributed by atoms with Crippen LogP contribution in [0.2, 0.25) is 0 Å². The van der Waals surface area contributed by atoms with E-state index in [1.54, 1.807) is 0 Å². The molecule has 3 aromatic rings. The van der Waals surface area contributed by atoms with Gasteiger partial charge in [0.05, 0.1) is 16.3 Å². The van der Waals surface area contributed by atoms with Gasteiger partial charge < -0.3 is 20.3 Å². The molecule has 3 heterocycles. The van der Waals surface area contributed by atoms with Gasteiger partial charge in [0.1, 0.15) is 11.1 Å². The van der Waals surface area contributed by atoms with E-state index in [0.717, 1.165) is 38.5 Å². The van der Waals surface area contributed by atoms with Crippen molar-refractivity contribution in [3.63, 3.8) is 0 Å². The molecule has 8 heteroatoms. The summed E-state index contributed by atoms with van der Waals surface area (Å²) in [5.41, 5.74) is 9.63. The highest BCUT2D eigenvalue weighted by Gasteiger charge is 2.20. The number of fused-ring (bicyclic) bond motifs is 2. The molecule has 1 aromatic carbocycles. The van der Waals surface area contributed by atoms with Gasteiger partial charge in [-0.15, -0.1) is 16.4 Å². The number of anilines is 1. The number of nitrogens with two attached hydrogens (primary N) is 1. The second-order valence-electron chi connectivity index (χ2n) is 5.94. The normalized spacial score (nSPS) is 14.2. The zero-order chi connectivity index (χ0) is 17.6. The first-order valence-corrected chi connectivity index (χ1v) is 8.68. The number of nitrogens with zero attached hydrogens (tertiary/aromatic N) is 2. The number of thiophene rings is 1. The van der Waals surface area contributed by atoms with E-state index in [4.69, 9.17) is 15.2 Å². The van der Waals surface area contributed by atoms with Crippen LogP contribution in [-0.4, -0.2) is 22.1 Å². The fourth-order valence-electron chi connectivity index (χ4n) is 2.82. The zero-order valence-corrected chi connectivity index (χ0v) is 14.7. The fourth-order valence-corrected chi connectivity index (χ4v) is 3.88. The van der Waals surface area contributed by atoms with Gasteiger partial charge in [-0.1, -0.05) is 6.07 Å². The first-order valence-electron chi connectivity index (χ1n) is 7.86. The van der Waals surface area contributed by atoms with Crippen LogP contribution in [0.1, 0.15) is 27.9 Å². The predicted octanol–water partition coefficient (Wildman–Crippen LogP) is 2.40. The number of ether oxygens (including phenoxy) is 2. The Morgan fingerprint density at radius 3 is 2.92 bits per heavy atom. The van der Waals surface area contributed by atoms with Crippen LogP contribution >= 0.6 is 11.3 Å². The van der Waals surface area contributed by atoms with Gasteiger partial charge in [-0.2, -0.15) is 5.10 Å².